The highest BCUT2D eigenvalue weighted by molar-refractivity contribution is 7.10. The number of hydrogen-bond donors (Lipinski definition) is 1. The first-order valence-electron chi connectivity index (χ1n) is 9.03. The van der Waals surface area contributed by atoms with Crippen molar-refractivity contribution in [3.63, 3.8) is 0 Å². The number of methoxy groups -OCH3 is 1. The minimum Gasteiger partial charge on any atom is -0.496 e. The number of nitrogens with zero attached hydrogens (tertiary/aromatic N) is 1. The minimum atomic E-state index is -4.64. The van der Waals surface area contributed by atoms with Crippen molar-refractivity contribution in [1.82, 2.24) is 4.37 Å². The number of aliphatic carboxylic acids is 1. The van der Waals surface area contributed by atoms with E-state index >= 15 is 0 Å². The van der Waals surface area contributed by atoms with E-state index in [0.717, 1.165) is 23.2 Å². The molecule has 10 heteroatoms. The van der Waals surface area contributed by atoms with Gasteiger partial charge in [-0.2, -0.15) is 17.5 Å². The van der Waals surface area contributed by atoms with Crippen LogP contribution in [0.1, 0.15) is 23.1 Å². The molecule has 31 heavy (non-hydrogen) atoms. The lowest BCUT2D eigenvalue weighted by Gasteiger charge is -2.15. The standard InChI is InChI=1S/C21H17ClF3NO4S/c1-29-17-5-3-2-4-14(17)19-15(20(22)26-31-19)11-30-13-8-6-12(7-9-18(27)28)16(10-13)21(23,24)25/h2-6,8,10H,7,9,11H2,1H3,(H,27,28). The summed E-state index contributed by atoms with van der Waals surface area (Å²) in [5, 5.41) is 8.96. The number of aryl methyl sites for hydroxylation is 1. The molecule has 0 aliphatic heterocycles. The first-order valence-corrected chi connectivity index (χ1v) is 10.2. The van der Waals surface area contributed by atoms with Crippen LogP contribution in [0.4, 0.5) is 13.2 Å². The predicted octanol–water partition coefficient (Wildman–Crippen LogP) is 6.09. The number of carboxylic acid groups (broad SMARTS) is 1. The second kappa shape index (κ2) is 9.57. The van der Waals surface area contributed by atoms with Gasteiger partial charge >= 0.3 is 12.1 Å². The van der Waals surface area contributed by atoms with Crippen LogP contribution in [-0.4, -0.2) is 22.6 Å². The summed E-state index contributed by atoms with van der Waals surface area (Å²) in [6.45, 7) is -0.103. The molecule has 0 aliphatic carbocycles. The fraction of sp³-hybridized carbons (Fsp3) is 0.238. The van der Waals surface area contributed by atoms with Crippen molar-refractivity contribution < 1.29 is 32.5 Å². The van der Waals surface area contributed by atoms with Crippen molar-refractivity contribution in [2.45, 2.75) is 25.6 Å². The summed E-state index contributed by atoms with van der Waals surface area (Å²) in [5.41, 5.74) is 0.241. The number of carboxylic acids is 1. The summed E-state index contributed by atoms with van der Waals surface area (Å²) in [6.07, 6.45) is -5.28. The topological polar surface area (TPSA) is 68.7 Å². The van der Waals surface area contributed by atoms with Gasteiger partial charge in [0.1, 0.15) is 23.3 Å². The molecule has 0 aliphatic rings. The summed E-state index contributed by atoms with van der Waals surface area (Å²) in [5.74, 6) is -0.581. The molecule has 1 heterocycles. The first-order chi connectivity index (χ1) is 14.7. The van der Waals surface area contributed by atoms with Crippen LogP contribution in [0.3, 0.4) is 0 Å². The molecule has 0 atom stereocenters. The Morgan fingerprint density at radius 1 is 1.23 bits per heavy atom. The molecule has 0 saturated carbocycles. The molecule has 0 radical (unpaired) electrons. The van der Waals surface area contributed by atoms with Gasteiger partial charge in [-0.15, -0.1) is 0 Å². The number of hydrogen-bond acceptors (Lipinski definition) is 5. The lowest BCUT2D eigenvalue weighted by atomic mass is 10.0. The largest absolute Gasteiger partial charge is 0.496 e. The fourth-order valence-corrected chi connectivity index (χ4v) is 4.11. The molecule has 0 fully saturated rings. The van der Waals surface area contributed by atoms with E-state index in [9.17, 15) is 18.0 Å². The van der Waals surface area contributed by atoms with Crippen LogP contribution in [-0.2, 0) is 24.0 Å². The van der Waals surface area contributed by atoms with Crippen molar-refractivity contribution in [2.75, 3.05) is 7.11 Å². The van der Waals surface area contributed by atoms with Crippen LogP contribution in [0.25, 0.3) is 10.4 Å². The Balaban J connectivity index is 1.87. The zero-order valence-electron chi connectivity index (χ0n) is 16.2. The third-order valence-corrected chi connectivity index (χ3v) is 5.81. The van der Waals surface area contributed by atoms with E-state index in [1.165, 1.54) is 19.2 Å². The van der Waals surface area contributed by atoms with Gasteiger partial charge in [0.05, 0.1) is 17.6 Å². The van der Waals surface area contributed by atoms with E-state index in [0.29, 0.717) is 16.2 Å². The fourth-order valence-electron chi connectivity index (χ4n) is 2.98. The highest BCUT2D eigenvalue weighted by Gasteiger charge is 2.34. The molecule has 1 aromatic heterocycles. The maximum Gasteiger partial charge on any atom is 0.416 e. The molecule has 2 aromatic carbocycles. The molecule has 0 unspecified atom stereocenters. The van der Waals surface area contributed by atoms with Gasteiger partial charge in [-0.3, -0.25) is 4.79 Å². The van der Waals surface area contributed by atoms with Gasteiger partial charge in [-0.25, -0.2) is 0 Å². The number of halogens is 4. The first kappa shape index (κ1) is 22.9. The van der Waals surface area contributed by atoms with Gasteiger partial charge in [0.25, 0.3) is 0 Å². The van der Waals surface area contributed by atoms with Gasteiger partial charge in [0.15, 0.2) is 0 Å². The Bertz CT molecular complexity index is 1080. The Kier molecular flexibility index (Phi) is 7.07. The molecule has 0 saturated heterocycles. The molecule has 0 spiro atoms. The van der Waals surface area contributed by atoms with E-state index in [1.807, 2.05) is 18.2 Å². The Hall–Kier alpha value is -2.78. The smallest absolute Gasteiger partial charge is 0.416 e. The third kappa shape index (κ3) is 5.48. The molecular formula is C21H17ClF3NO4S. The summed E-state index contributed by atoms with van der Waals surface area (Å²) in [7, 11) is 1.53. The SMILES string of the molecule is COc1ccccc1-c1snc(Cl)c1COc1ccc(CCC(=O)O)c(C(F)(F)F)c1. The maximum absolute atomic E-state index is 13.5. The van der Waals surface area contributed by atoms with Gasteiger partial charge in [-0.05, 0) is 47.8 Å². The van der Waals surface area contributed by atoms with E-state index in [2.05, 4.69) is 4.37 Å². The highest BCUT2D eigenvalue weighted by atomic mass is 35.5. The second-order valence-electron chi connectivity index (χ2n) is 6.48. The maximum atomic E-state index is 13.5. The summed E-state index contributed by atoms with van der Waals surface area (Å²) in [4.78, 5) is 11.4. The normalized spacial score (nSPS) is 11.4. The Morgan fingerprint density at radius 3 is 2.65 bits per heavy atom. The van der Waals surface area contributed by atoms with E-state index in [-0.39, 0.29) is 29.5 Å². The van der Waals surface area contributed by atoms with Crippen LogP contribution in [0, 0.1) is 0 Å². The monoisotopic (exact) mass is 471 g/mol. The van der Waals surface area contributed by atoms with Crippen LogP contribution < -0.4 is 9.47 Å². The second-order valence-corrected chi connectivity index (χ2v) is 7.61. The predicted molar refractivity (Wildman–Crippen MR) is 111 cm³/mol. The zero-order valence-corrected chi connectivity index (χ0v) is 17.8. The molecule has 5 nitrogen and oxygen atoms in total. The molecule has 3 aromatic rings. The molecule has 164 valence electrons. The molecule has 0 amide bonds. The molecule has 1 N–H and O–H groups in total. The number of benzene rings is 2. The third-order valence-electron chi connectivity index (χ3n) is 4.47. The van der Waals surface area contributed by atoms with Gasteiger partial charge in [-0.1, -0.05) is 29.8 Å². The van der Waals surface area contributed by atoms with Crippen molar-refractivity contribution in [1.29, 1.82) is 0 Å². The van der Waals surface area contributed by atoms with Gasteiger partial charge in [0.2, 0.25) is 0 Å². The lowest BCUT2D eigenvalue weighted by molar-refractivity contribution is -0.140. The highest BCUT2D eigenvalue weighted by Crippen LogP contribution is 2.39. The summed E-state index contributed by atoms with van der Waals surface area (Å²) in [6, 6.07) is 10.7. The number of ether oxygens (including phenoxy) is 2. The van der Waals surface area contributed by atoms with Crippen molar-refractivity contribution in [3.8, 4) is 21.9 Å². The molecule has 0 bridgehead atoms. The number of carbonyl (C=O) groups is 1. The average molecular weight is 472 g/mol. The van der Waals surface area contributed by atoms with Crippen LogP contribution in [0.2, 0.25) is 5.15 Å². The van der Waals surface area contributed by atoms with Crippen molar-refractivity contribution in [3.05, 3.63) is 64.3 Å². The summed E-state index contributed by atoms with van der Waals surface area (Å²) < 4.78 is 55.5. The lowest BCUT2D eigenvalue weighted by Crippen LogP contribution is -2.11. The van der Waals surface area contributed by atoms with E-state index in [4.69, 9.17) is 26.2 Å². The number of aromatic nitrogens is 1. The van der Waals surface area contributed by atoms with E-state index in [1.54, 1.807) is 6.07 Å². The quantitative estimate of drug-likeness (QED) is 0.430. The van der Waals surface area contributed by atoms with Crippen molar-refractivity contribution >= 4 is 29.1 Å². The minimum absolute atomic E-state index is 0.0142. The van der Waals surface area contributed by atoms with E-state index < -0.39 is 24.1 Å². The zero-order chi connectivity index (χ0) is 22.6. The van der Waals surface area contributed by atoms with Crippen LogP contribution in [0.5, 0.6) is 11.5 Å². The number of para-hydroxylation sites is 1. The van der Waals surface area contributed by atoms with Crippen molar-refractivity contribution in [2.24, 2.45) is 0 Å². The summed E-state index contributed by atoms with van der Waals surface area (Å²) >= 11 is 7.34. The molecule has 3 rings (SSSR count). The number of rotatable bonds is 8. The average Bonchev–Trinajstić information content (AvgIpc) is 3.10. The molecular weight excluding hydrogens is 455 g/mol. The Labute approximate surface area is 185 Å². The van der Waals surface area contributed by atoms with Gasteiger partial charge < -0.3 is 14.6 Å². The van der Waals surface area contributed by atoms with Crippen LogP contribution in [0.15, 0.2) is 42.5 Å². The number of alkyl halides is 3. The van der Waals surface area contributed by atoms with Crippen LogP contribution >= 0.6 is 23.1 Å². The van der Waals surface area contributed by atoms with Gasteiger partial charge in [0, 0.05) is 17.5 Å². The Morgan fingerprint density at radius 2 is 1.97 bits per heavy atom.